The number of hydrogen-bond donors (Lipinski definition) is 1. The van der Waals surface area contributed by atoms with E-state index in [2.05, 4.69) is 16.9 Å². The summed E-state index contributed by atoms with van der Waals surface area (Å²) in [5.74, 6) is -2.43. The summed E-state index contributed by atoms with van der Waals surface area (Å²) in [4.78, 5) is 41.7. The third-order valence-electron chi connectivity index (χ3n) is 4.02. The van der Waals surface area contributed by atoms with Crippen LogP contribution in [0.5, 0.6) is 0 Å². The number of amides is 1. The van der Waals surface area contributed by atoms with Crippen LogP contribution < -0.4 is 5.32 Å². The molecule has 0 aliphatic carbocycles. The van der Waals surface area contributed by atoms with Crippen LogP contribution in [0.2, 0.25) is 0 Å². The van der Waals surface area contributed by atoms with Crippen molar-refractivity contribution in [3.05, 3.63) is 64.7 Å². The highest BCUT2D eigenvalue weighted by atomic mass is 32.1. The van der Waals surface area contributed by atoms with Crippen molar-refractivity contribution in [3.63, 3.8) is 0 Å². The minimum absolute atomic E-state index is 0.00438. The lowest BCUT2D eigenvalue weighted by molar-refractivity contribution is 0.0527. The van der Waals surface area contributed by atoms with Gasteiger partial charge >= 0.3 is 11.9 Å². The molecule has 30 heavy (non-hydrogen) atoms. The van der Waals surface area contributed by atoms with E-state index in [1.165, 1.54) is 35.0 Å². The molecular weight excluding hydrogens is 413 g/mol. The van der Waals surface area contributed by atoms with Crippen molar-refractivity contribution in [2.45, 2.75) is 13.8 Å². The van der Waals surface area contributed by atoms with Gasteiger partial charge in [-0.15, -0.1) is 11.3 Å². The first-order chi connectivity index (χ1) is 14.3. The molecule has 0 radical (unpaired) electrons. The largest absolute Gasteiger partial charge is 0.462 e. The number of esters is 2. The van der Waals surface area contributed by atoms with Gasteiger partial charge in [0.2, 0.25) is 0 Å². The number of anilines is 1. The molecule has 0 saturated heterocycles. The fraction of sp³-hybridized carbons (Fsp3) is 0.200. The van der Waals surface area contributed by atoms with Gasteiger partial charge in [-0.2, -0.15) is 0 Å². The van der Waals surface area contributed by atoms with Crippen LogP contribution >= 0.6 is 11.3 Å². The first kappa shape index (κ1) is 21.2. The molecule has 1 amide bonds. The summed E-state index contributed by atoms with van der Waals surface area (Å²) in [6.45, 7) is 6.82. The van der Waals surface area contributed by atoms with Crippen molar-refractivity contribution in [1.82, 2.24) is 9.38 Å². The monoisotopic (exact) mass is 431 g/mol. The van der Waals surface area contributed by atoms with E-state index in [1.807, 2.05) is 0 Å². The van der Waals surface area contributed by atoms with Gasteiger partial charge in [0.15, 0.2) is 0 Å². The highest BCUT2D eigenvalue weighted by Gasteiger charge is 2.28. The molecule has 0 fully saturated rings. The summed E-state index contributed by atoms with van der Waals surface area (Å²) >= 11 is 0.895. The van der Waals surface area contributed by atoms with Gasteiger partial charge in [0.05, 0.1) is 12.2 Å². The van der Waals surface area contributed by atoms with Crippen LogP contribution in [0.1, 0.15) is 43.0 Å². The molecule has 3 aromatic heterocycles. The molecule has 3 heterocycles. The predicted octanol–water partition coefficient (Wildman–Crippen LogP) is 3.62. The maximum absolute atomic E-state index is 13.4. The number of carbonyl (C=O) groups excluding carboxylic acids is 3. The maximum Gasteiger partial charge on any atom is 0.348 e. The normalized spacial score (nSPS) is 10.6. The SMILES string of the molecule is C=CCOC(=O)c1sc(NC(=O)c2cn3cc(F)ccc3n2)c(C(=O)OCC)c1C. The minimum Gasteiger partial charge on any atom is -0.462 e. The molecule has 0 spiro atoms. The Morgan fingerprint density at radius 3 is 2.73 bits per heavy atom. The van der Waals surface area contributed by atoms with Gasteiger partial charge in [0.1, 0.15) is 33.6 Å². The van der Waals surface area contributed by atoms with Crippen LogP contribution in [0.3, 0.4) is 0 Å². The molecular formula is C20H18FN3O5S. The number of imidazole rings is 1. The second-order valence-corrected chi connectivity index (χ2v) is 7.08. The van der Waals surface area contributed by atoms with Crippen molar-refractivity contribution in [3.8, 4) is 0 Å². The molecule has 0 bridgehead atoms. The molecule has 3 aromatic rings. The van der Waals surface area contributed by atoms with E-state index in [9.17, 15) is 18.8 Å². The molecule has 1 N–H and O–H groups in total. The smallest absolute Gasteiger partial charge is 0.348 e. The molecule has 0 unspecified atom stereocenters. The van der Waals surface area contributed by atoms with E-state index >= 15 is 0 Å². The number of pyridine rings is 1. The molecule has 0 atom stereocenters. The summed E-state index contributed by atoms with van der Waals surface area (Å²) in [6.07, 6.45) is 3.96. The zero-order valence-electron chi connectivity index (χ0n) is 16.2. The van der Waals surface area contributed by atoms with Gasteiger partial charge < -0.3 is 19.2 Å². The van der Waals surface area contributed by atoms with Crippen LogP contribution in [0.4, 0.5) is 9.39 Å². The lowest BCUT2D eigenvalue weighted by Gasteiger charge is -2.06. The molecule has 0 aliphatic heterocycles. The number of carbonyl (C=O) groups is 3. The second kappa shape index (κ2) is 8.87. The number of nitrogens with zero attached hydrogens (tertiary/aromatic N) is 2. The summed E-state index contributed by atoms with van der Waals surface area (Å²) in [5.41, 5.74) is 0.788. The van der Waals surface area contributed by atoms with Crippen molar-refractivity contribution in [1.29, 1.82) is 0 Å². The van der Waals surface area contributed by atoms with Crippen molar-refractivity contribution < 1.29 is 28.2 Å². The van der Waals surface area contributed by atoms with Crippen molar-refractivity contribution in [2.24, 2.45) is 0 Å². The third kappa shape index (κ3) is 4.23. The van der Waals surface area contributed by atoms with Gasteiger partial charge in [-0.1, -0.05) is 12.7 Å². The second-order valence-electron chi connectivity index (χ2n) is 6.06. The van der Waals surface area contributed by atoms with Gasteiger partial charge in [-0.05, 0) is 31.5 Å². The third-order valence-corrected chi connectivity index (χ3v) is 5.21. The average molecular weight is 431 g/mol. The van der Waals surface area contributed by atoms with Crippen LogP contribution in [-0.4, -0.2) is 40.4 Å². The summed E-state index contributed by atoms with van der Waals surface area (Å²) in [5, 5.41) is 2.72. The zero-order valence-corrected chi connectivity index (χ0v) is 17.0. The van der Waals surface area contributed by atoms with Gasteiger partial charge in [-0.3, -0.25) is 4.79 Å². The fourth-order valence-electron chi connectivity index (χ4n) is 2.69. The van der Waals surface area contributed by atoms with Crippen LogP contribution in [0, 0.1) is 12.7 Å². The zero-order chi connectivity index (χ0) is 21.8. The summed E-state index contributed by atoms with van der Waals surface area (Å²) < 4.78 is 24.8. The number of thiophene rings is 1. The number of ether oxygens (including phenoxy) is 2. The van der Waals surface area contributed by atoms with E-state index in [4.69, 9.17) is 9.47 Å². The maximum atomic E-state index is 13.4. The van der Waals surface area contributed by atoms with Crippen LogP contribution in [0.15, 0.2) is 37.2 Å². The number of aromatic nitrogens is 2. The minimum atomic E-state index is -0.679. The van der Waals surface area contributed by atoms with E-state index in [0.29, 0.717) is 11.2 Å². The average Bonchev–Trinajstić information content (AvgIpc) is 3.27. The topological polar surface area (TPSA) is 99.0 Å². The first-order valence-corrected chi connectivity index (χ1v) is 9.71. The van der Waals surface area contributed by atoms with Gasteiger partial charge in [0, 0.05) is 12.4 Å². The van der Waals surface area contributed by atoms with Crippen molar-refractivity contribution in [2.75, 3.05) is 18.5 Å². The number of rotatable bonds is 7. The van der Waals surface area contributed by atoms with Crippen LogP contribution in [0.25, 0.3) is 5.65 Å². The molecule has 10 heteroatoms. The Labute approximate surface area is 174 Å². The molecule has 0 aliphatic rings. The van der Waals surface area contributed by atoms with Crippen LogP contribution in [-0.2, 0) is 9.47 Å². The van der Waals surface area contributed by atoms with E-state index < -0.39 is 23.7 Å². The quantitative estimate of drug-likeness (QED) is 0.453. The predicted molar refractivity (Wildman–Crippen MR) is 109 cm³/mol. The summed E-state index contributed by atoms with van der Waals surface area (Å²) in [7, 11) is 0. The fourth-order valence-corrected chi connectivity index (χ4v) is 3.77. The Hall–Kier alpha value is -3.53. The standard InChI is InChI=1S/C20H18FN3O5S/c1-4-8-29-20(27)16-11(3)15(19(26)28-5-2)18(30-16)23-17(25)13-10-24-9-12(21)6-7-14(24)22-13/h4,6-7,9-10H,1,5,8H2,2-3H3,(H,23,25). The molecule has 0 saturated carbocycles. The van der Waals surface area contributed by atoms with Gasteiger partial charge in [-0.25, -0.2) is 19.0 Å². The van der Waals surface area contributed by atoms with E-state index in [0.717, 1.165) is 11.3 Å². The Morgan fingerprint density at radius 1 is 1.27 bits per heavy atom. The molecule has 0 aromatic carbocycles. The number of nitrogens with one attached hydrogen (secondary N) is 1. The van der Waals surface area contributed by atoms with E-state index in [-0.39, 0.29) is 34.3 Å². The first-order valence-electron chi connectivity index (χ1n) is 8.89. The summed E-state index contributed by atoms with van der Waals surface area (Å²) in [6, 6.07) is 2.66. The molecule has 8 nitrogen and oxygen atoms in total. The molecule has 3 rings (SSSR count). The Bertz CT molecular complexity index is 1150. The lowest BCUT2D eigenvalue weighted by atomic mass is 10.1. The highest BCUT2D eigenvalue weighted by molar-refractivity contribution is 7.18. The van der Waals surface area contributed by atoms with E-state index in [1.54, 1.807) is 13.8 Å². The molecule has 156 valence electrons. The number of halogens is 1. The Morgan fingerprint density at radius 2 is 2.03 bits per heavy atom. The Kier molecular flexibility index (Phi) is 6.26. The van der Waals surface area contributed by atoms with Gasteiger partial charge in [0.25, 0.3) is 5.91 Å². The number of hydrogen-bond acceptors (Lipinski definition) is 7. The Balaban J connectivity index is 1.95. The lowest BCUT2D eigenvalue weighted by Crippen LogP contribution is -2.15. The number of fused-ring (bicyclic) bond motifs is 1. The van der Waals surface area contributed by atoms with Crippen molar-refractivity contribution >= 4 is 39.8 Å². The highest BCUT2D eigenvalue weighted by Crippen LogP contribution is 2.34.